The van der Waals surface area contributed by atoms with Gasteiger partial charge in [0.05, 0.1) is 11.4 Å². The van der Waals surface area contributed by atoms with E-state index in [4.69, 9.17) is 0 Å². The van der Waals surface area contributed by atoms with Gasteiger partial charge >= 0.3 is 6.18 Å². The third-order valence-corrected chi connectivity index (χ3v) is 3.88. The van der Waals surface area contributed by atoms with E-state index in [9.17, 15) is 22.0 Å². The van der Waals surface area contributed by atoms with Crippen LogP contribution in [0.3, 0.4) is 0 Å². The smallest absolute Gasteiger partial charge is 0.305 e. The van der Waals surface area contributed by atoms with Gasteiger partial charge in [-0.1, -0.05) is 29.8 Å². The molecule has 0 aliphatic carbocycles. The minimum atomic E-state index is -4.43. The van der Waals surface area contributed by atoms with Gasteiger partial charge in [-0.25, -0.2) is 0 Å². The van der Waals surface area contributed by atoms with Crippen LogP contribution in [0.15, 0.2) is 67.0 Å². The summed E-state index contributed by atoms with van der Waals surface area (Å²) in [6.07, 6.45) is -1.35. The number of benzene rings is 1. The Morgan fingerprint density at radius 3 is 2.00 bits per heavy atom. The molecule has 0 bridgehead atoms. The topological polar surface area (TPSA) is 43.6 Å². The largest absolute Gasteiger partial charge is 0.435 e. The maximum atomic E-state index is 13.2. The Labute approximate surface area is 188 Å². The van der Waals surface area contributed by atoms with Crippen LogP contribution in [-0.4, -0.2) is 19.7 Å². The van der Waals surface area contributed by atoms with Crippen molar-refractivity contribution >= 4 is 0 Å². The molecular weight excluding hydrogens is 595 g/mol. The number of alkyl halides is 3. The molecule has 163 valence electrons. The molecule has 4 aromatic rings. The Morgan fingerprint density at radius 1 is 0.903 bits per heavy atom. The van der Waals surface area contributed by atoms with Crippen LogP contribution < -0.4 is 0 Å². The van der Waals surface area contributed by atoms with E-state index >= 15 is 0 Å². The average Bonchev–Trinajstić information content (AvgIpc) is 3.12. The molecule has 4 nitrogen and oxygen atoms in total. The number of rotatable bonds is 2. The molecule has 0 saturated carbocycles. The molecule has 1 radical (unpaired) electrons. The zero-order chi connectivity index (χ0) is 21.7. The minimum absolute atomic E-state index is 0. The van der Waals surface area contributed by atoms with Crippen LogP contribution in [-0.2, 0) is 33.3 Å². The Kier molecular flexibility index (Phi) is 8.13. The van der Waals surface area contributed by atoms with Crippen molar-refractivity contribution in [3.8, 4) is 22.6 Å². The van der Waals surface area contributed by atoms with E-state index in [0.717, 1.165) is 18.2 Å². The van der Waals surface area contributed by atoms with E-state index < -0.39 is 23.5 Å². The first kappa shape index (κ1) is 24.3. The van der Waals surface area contributed by atoms with Crippen molar-refractivity contribution in [1.82, 2.24) is 19.7 Å². The summed E-state index contributed by atoms with van der Waals surface area (Å²) < 4.78 is 64.2. The zero-order valence-electron chi connectivity index (χ0n) is 15.9. The van der Waals surface area contributed by atoms with Crippen molar-refractivity contribution in [3.05, 3.63) is 90.4 Å². The molecule has 0 unspecified atom stereocenters. The van der Waals surface area contributed by atoms with Crippen LogP contribution in [0.2, 0.25) is 0 Å². The molecule has 31 heavy (non-hydrogen) atoms. The SMILES string of the molecule is Cn1nc(C(F)(F)F)cc1-c1ccccn1.Fc1c[c-]c(-c2ccccn2)c(F)c1.[Ir]. The third-order valence-electron chi connectivity index (χ3n) is 3.88. The van der Waals surface area contributed by atoms with Crippen molar-refractivity contribution in [2.45, 2.75) is 6.18 Å². The standard InChI is InChI=1S/C11H6F2N.C10H8F3N3.Ir/c12-8-4-5-9(10(13)7-8)11-3-1-2-6-14-11;1-16-8(7-4-2-3-5-14-7)6-9(15-16)10(11,12)13;/h1-4,6-7H;2-6H,1H3;/q-1;;. The first-order chi connectivity index (χ1) is 14.3. The predicted octanol–water partition coefficient (Wildman–Crippen LogP) is 5.33. The second-order valence-corrected chi connectivity index (χ2v) is 6.01. The van der Waals surface area contributed by atoms with E-state index in [-0.39, 0.29) is 25.7 Å². The van der Waals surface area contributed by atoms with Crippen LogP contribution in [0.5, 0.6) is 0 Å². The molecule has 0 N–H and O–H groups in total. The number of hydrogen-bond acceptors (Lipinski definition) is 3. The molecule has 0 spiro atoms. The van der Waals surface area contributed by atoms with Crippen LogP contribution in [0.25, 0.3) is 22.6 Å². The zero-order valence-corrected chi connectivity index (χ0v) is 18.3. The second-order valence-electron chi connectivity index (χ2n) is 6.01. The van der Waals surface area contributed by atoms with Gasteiger partial charge in [0.15, 0.2) is 5.69 Å². The molecule has 3 aromatic heterocycles. The van der Waals surface area contributed by atoms with Crippen LogP contribution in [0.1, 0.15) is 5.69 Å². The number of halogens is 5. The van der Waals surface area contributed by atoms with Gasteiger partial charge in [0.1, 0.15) is 0 Å². The Bertz CT molecular complexity index is 1120. The quantitative estimate of drug-likeness (QED) is 0.228. The van der Waals surface area contributed by atoms with Gasteiger partial charge in [-0.3, -0.25) is 18.4 Å². The summed E-state index contributed by atoms with van der Waals surface area (Å²) in [7, 11) is 1.46. The van der Waals surface area contributed by atoms with E-state index in [1.807, 2.05) is 0 Å². The maximum Gasteiger partial charge on any atom is 0.435 e. The van der Waals surface area contributed by atoms with Gasteiger partial charge < -0.3 is 4.98 Å². The van der Waals surface area contributed by atoms with Crippen LogP contribution in [0.4, 0.5) is 22.0 Å². The second kappa shape index (κ2) is 10.4. The van der Waals surface area contributed by atoms with Crippen molar-refractivity contribution in [3.63, 3.8) is 0 Å². The molecule has 3 heterocycles. The summed E-state index contributed by atoms with van der Waals surface area (Å²) in [5, 5.41) is 3.41. The molecule has 0 atom stereocenters. The van der Waals surface area contributed by atoms with Gasteiger partial charge in [0, 0.05) is 51.2 Å². The number of aromatic nitrogens is 4. The monoisotopic (exact) mass is 610 g/mol. The van der Waals surface area contributed by atoms with Gasteiger partial charge in [-0.15, -0.1) is 12.1 Å². The molecule has 10 heteroatoms. The van der Waals surface area contributed by atoms with Gasteiger partial charge in [0.2, 0.25) is 0 Å². The van der Waals surface area contributed by atoms with E-state index in [1.54, 1.807) is 42.6 Å². The molecule has 1 aromatic carbocycles. The van der Waals surface area contributed by atoms with Crippen molar-refractivity contribution in [2.24, 2.45) is 7.05 Å². The van der Waals surface area contributed by atoms with Gasteiger partial charge in [-0.05, 0) is 30.0 Å². The molecular formula is C21H14F5IrN4-. The molecule has 0 saturated heterocycles. The predicted molar refractivity (Wildman–Crippen MR) is 99.9 cm³/mol. The maximum absolute atomic E-state index is 13.2. The molecule has 0 aliphatic rings. The van der Waals surface area contributed by atoms with Gasteiger partial charge in [-0.2, -0.15) is 18.3 Å². The van der Waals surface area contributed by atoms with Crippen molar-refractivity contribution in [1.29, 1.82) is 0 Å². The first-order valence-electron chi connectivity index (χ1n) is 8.56. The minimum Gasteiger partial charge on any atom is -0.305 e. The normalized spacial score (nSPS) is 10.6. The average molecular weight is 610 g/mol. The van der Waals surface area contributed by atoms with E-state index in [2.05, 4.69) is 21.1 Å². The number of nitrogens with zero attached hydrogens (tertiary/aromatic N) is 4. The van der Waals surface area contributed by atoms with Crippen LogP contribution >= 0.6 is 0 Å². The first-order valence-corrected chi connectivity index (χ1v) is 8.56. The number of hydrogen-bond donors (Lipinski definition) is 0. The molecule has 0 fully saturated rings. The summed E-state index contributed by atoms with van der Waals surface area (Å²) in [4.78, 5) is 7.92. The van der Waals surface area contributed by atoms with Crippen LogP contribution in [0, 0.1) is 17.7 Å². The fourth-order valence-electron chi connectivity index (χ4n) is 2.51. The fraction of sp³-hybridized carbons (Fsp3) is 0.0952. The fourth-order valence-corrected chi connectivity index (χ4v) is 2.51. The Balaban J connectivity index is 0.000000215. The Morgan fingerprint density at radius 2 is 1.52 bits per heavy atom. The van der Waals surface area contributed by atoms with Crippen molar-refractivity contribution < 1.29 is 42.1 Å². The number of pyridine rings is 2. The van der Waals surface area contributed by atoms with Gasteiger partial charge in [0.25, 0.3) is 0 Å². The molecule has 0 aliphatic heterocycles. The molecule has 4 rings (SSSR count). The summed E-state index contributed by atoms with van der Waals surface area (Å²) in [6, 6.07) is 15.6. The van der Waals surface area contributed by atoms with E-state index in [1.165, 1.54) is 17.9 Å². The Hall–Kier alpha value is -2.97. The summed E-state index contributed by atoms with van der Waals surface area (Å²) in [5.41, 5.74) is 0.536. The summed E-state index contributed by atoms with van der Waals surface area (Å²) in [6.45, 7) is 0. The molecule has 0 amide bonds. The van der Waals surface area contributed by atoms with Crippen molar-refractivity contribution in [2.75, 3.05) is 0 Å². The summed E-state index contributed by atoms with van der Waals surface area (Å²) >= 11 is 0. The van der Waals surface area contributed by atoms with E-state index in [0.29, 0.717) is 17.1 Å². The summed E-state index contributed by atoms with van der Waals surface area (Å²) in [5.74, 6) is -1.29. The number of aryl methyl sites for hydroxylation is 1. The third kappa shape index (κ3) is 6.26.